The molecular weight excluding hydrogens is 230 g/mol. The summed E-state index contributed by atoms with van der Waals surface area (Å²) in [5.74, 6) is 0.733. The number of para-hydroxylation sites is 1. The first-order valence-corrected chi connectivity index (χ1v) is 5.46. The second-order valence-corrected chi connectivity index (χ2v) is 4.28. The molecule has 0 amide bonds. The van der Waals surface area contributed by atoms with Crippen molar-refractivity contribution in [2.45, 2.75) is 20.3 Å². The molecule has 1 aromatic carbocycles. The van der Waals surface area contributed by atoms with Gasteiger partial charge in [-0.3, -0.25) is 10.1 Å². The van der Waals surface area contributed by atoms with Crippen LogP contribution in [0.2, 0.25) is 5.02 Å². The molecule has 0 saturated carbocycles. The average Bonchev–Trinajstić information content (AvgIpc) is 2.16. The number of nitro benzene ring substituents is 1. The summed E-state index contributed by atoms with van der Waals surface area (Å²) in [6.45, 7) is 4.59. The van der Waals surface area contributed by atoms with E-state index in [4.69, 9.17) is 16.3 Å². The van der Waals surface area contributed by atoms with Gasteiger partial charge in [0.25, 0.3) is 0 Å². The van der Waals surface area contributed by atoms with Gasteiger partial charge in [0.05, 0.1) is 11.5 Å². The van der Waals surface area contributed by atoms with Crippen LogP contribution in [-0.4, -0.2) is 11.5 Å². The van der Waals surface area contributed by atoms with Gasteiger partial charge in [0, 0.05) is 0 Å². The summed E-state index contributed by atoms with van der Waals surface area (Å²) < 4.78 is 5.36. The fraction of sp³-hybridized carbons (Fsp3) is 0.455. The van der Waals surface area contributed by atoms with Crippen molar-refractivity contribution in [3.05, 3.63) is 33.3 Å². The molecule has 0 unspecified atom stereocenters. The van der Waals surface area contributed by atoms with Crippen molar-refractivity contribution in [2.24, 2.45) is 5.92 Å². The highest BCUT2D eigenvalue weighted by atomic mass is 35.5. The molecule has 0 fully saturated rings. The van der Waals surface area contributed by atoms with E-state index < -0.39 is 4.92 Å². The van der Waals surface area contributed by atoms with E-state index in [-0.39, 0.29) is 16.5 Å². The number of halogens is 1. The zero-order valence-electron chi connectivity index (χ0n) is 9.27. The van der Waals surface area contributed by atoms with Crippen LogP contribution >= 0.6 is 11.6 Å². The average molecular weight is 244 g/mol. The molecule has 88 valence electrons. The van der Waals surface area contributed by atoms with E-state index in [9.17, 15) is 10.1 Å². The van der Waals surface area contributed by atoms with Crippen LogP contribution in [0.5, 0.6) is 5.75 Å². The monoisotopic (exact) mass is 243 g/mol. The highest BCUT2D eigenvalue weighted by molar-refractivity contribution is 6.32. The molecular formula is C11H14ClNO3. The van der Waals surface area contributed by atoms with Crippen LogP contribution in [-0.2, 0) is 0 Å². The zero-order valence-corrected chi connectivity index (χ0v) is 10.0. The van der Waals surface area contributed by atoms with Crippen LogP contribution in [0, 0.1) is 16.0 Å². The Bertz CT molecular complexity index is 379. The smallest absolute Gasteiger partial charge is 0.329 e. The van der Waals surface area contributed by atoms with E-state index >= 15 is 0 Å². The molecule has 0 radical (unpaired) electrons. The second kappa shape index (κ2) is 5.70. The maximum atomic E-state index is 10.8. The first kappa shape index (κ1) is 12.8. The molecule has 16 heavy (non-hydrogen) atoms. The third-order valence-corrected chi connectivity index (χ3v) is 2.39. The van der Waals surface area contributed by atoms with Crippen molar-refractivity contribution in [2.75, 3.05) is 6.61 Å². The Morgan fingerprint density at radius 1 is 1.50 bits per heavy atom. The molecule has 0 aliphatic heterocycles. The van der Waals surface area contributed by atoms with Crippen molar-refractivity contribution in [3.63, 3.8) is 0 Å². The summed E-state index contributed by atoms with van der Waals surface area (Å²) in [6, 6.07) is 4.68. The number of ether oxygens (including phenoxy) is 1. The lowest BCUT2D eigenvalue weighted by Gasteiger charge is -2.08. The standard InChI is InChI=1S/C11H14ClNO3/c1-8(2)6-7-16-10-5-3-4-9(12)11(10)13(14)15/h3-5,8H,6-7H2,1-2H3. The minimum atomic E-state index is -0.521. The van der Waals surface area contributed by atoms with Crippen LogP contribution < -0.4 is 4.74 Å². The van der Waals surface area contributed by atoms with Crippen molar-refractivity contribution >= 4 is 17.3 Å². The van der Waals surface area contributed by atoms with Gasteiger partial charge < -0.3 is 4.74 Å². The summed E-state index contributed by atoms with van der Waals surface area (Å²) in [7, 11) is 0. The number of nitro groups is 1. The van der Waals surface area contributed by atoms with Gasteiger partial charge in [-0.05, 0) is 24.5 Å². The molecule has 4 nitrogen and oxygen atoms in total. The molecule has 1 aromatic rings. The molecule has 1 rings (SSSR count). The molecule has 0 aliphatic carbocycles. The predicted octanol–water partition coefficient (Wildman–Crippen LogP) is 3.67. The van der Waals surface area contributed by atoms with Crippen molar-refractivity contribution in [1.82, 2.24) is 0 Å². The summed E-state index contributed by atoms with van der Waals surface area (Å²) >= 11 is 5.74. The minimum Gasteiger partial charge on any atom is -0.487 e. The first-order valence-electron chi connectivity index (χ1n) is 5.08. The topological polar surface area (TPSA) is 52.4 Å². The van der Waals surface area contributed by atoms with Crippen molar-refractivity contribution in [1.29, 1.82) is 0 Å². The van der Waals surface area contributed by atoms with E-state index in [1.165, 1.54) is 6.07 Å². The Kier molecular flexibility index (Phi) is 4.55. The van der Waals surface area contributed by atoms with Gasteiger partial charge in [-0.1, -0.05) is 31.5 Å². The van der Waals surface area contributed by atoms with Gasteiger partial charge in [-0.2, -0.15) is 0 Å². The predicted molar refractivity (Wildman–Crippen MR) is 63.1 cm³/mol. The molecule has 0 saturated heterocycles. The SMILES string of the molecule is CC(C)CCOc1cccc(Cl)c1[N+](=O)[O-]. The molecule has 5 heteroatoms. The van der Waals surface area contributed by atoms with Gasteiger partial charge in [0.2, 0.25) is 0 Å². The Hall–Kier alpha value is -1.29. The van der Waals surface area contributed by atoms with Gasteiger partial charge in [0.15, 0.2) is 5.75 Å². The van der Waals surface area contributed by atoms with Crippen molar-refractivity contribution in [3.8, 4) is 5.75 Å². The van der Waals surface area contributed by atoms with E-state index in [2.05, 4.69) is 13.8 Å². The molecule has 0 aliphatic rings. The fourth-order valence-electron chi connectivity index (χ4n) is 1.19. The van der Waals surface area contributed by atoms with Gasteiger partial charge in [-0.25, -0.2) is 0 Å². The highest BCUT2D eigenvalue weighted by Crippen LogP contribution is 2.34. The van der Waals surface area contributed by atoms with Crippen LogP contribution in [0.25, 0.3) is 0 Å². The van der Waals surface area contributed by atoms with Crippen LogP contribution in [0.1, 0.15) is 20.3 Å². The van der Waals surface area contributed by atoms with Gasteiger partial charge >= 0.3 is 5.69 Å². The number of rotatable bonds is 5. The summed E-state index contributed by atoms with van der Waals surface area (Å²) in [5, 5.41) is 10.9. The quantitative estimate of drug-likeness (QED) is 0.586. The van der Waals surface area contributed by atoms with Crippen LogP contribution in [0.4, 0.5) is 5.69 Å². The largest absolute Gasteiger partial charge is 0.487 e. The molecule has 0 heterocycles. The number of hydrogen-bond donors (Lipinski definition) is 0. The Morgan fingerprint density at radius 2 is 2.19 bits per heavy atom. The van der Waals surface area contributed by atoms with Crippen LogP contribution in [0.15, 0.2) is 18.2 Å². The second-order valence-electron chi connectivity index (χ2n) is 3.87. The Morgan fingerprint density at radius 3 is 2.75 bits per heavy atom. The maximum Gasteiger partial charge on any atom is 0.329 e. The first-order chi connectivity index (χ1) is 7.52. The van der Waals surface area contributed by atoms with E-state index in [0.29, 0.717) is 12.5 Å². The fourth-order valence-corrected chi connectivity index (χ4v) is 1.43. The lowest BCUT2D eigenvalue weighted by atomic mass is 10.1. The Balaban J connectivity index is 2.79. The maximum absolute atomic E-state index is 10.8. The van der Waals surface area contributed by atoms with E-state index in [1.807, 2.05) is 0 Å². The number of hydrogen-bond acceptors (Lipinski definition) is 3. The molecule has 0 atom stereocenters. The Labute approximate surface area is 99.3 Å². The van der Waals surface area contributed by atoms with Gasteiger partial charge in [0.1, 0.15) is 5.02 Å². The lowest BCUT2D eigenvalue weighted by molar-refractivity contribution is -0.385. The molecule has 0 aromatic heterocycles. The van der Waals surface area contributed by atoms with Crippen LogP contribution in [0.3, 0.4) is 0 Å². The highest BCUT2D eigenvalue weighted by Gasteiger charge is 2.19. The third kappa shape index (κ3) is 3.38. The van der Waals surface area contributed by atoms with E-state index in [1.54, 1.807) is 12.1 Å². The zero-order chi connectivity index (χ0) is 12.1. The molecule has 0 spiro atoms. The molecule has 0 bridgehead atoms. The summed E-state index contributed by atoms with van der Waals surface area (Å²) in [5.41, 5.74) is -0.159. The normalized spacial score (nSPS) is 10.5. The van der Waals surface area contributed by atoms with E-state index in [0.717, 1.165) is 6.42 Å². The third-order valence-electron chi connectivity index (χ3n) is 2.09. The van der Waals surface area contributed by atoms with Crippen molar-refractivity contribution < 1.29 is 9.66 Å². The summed E-state index contributed by atoms with van der Waals surface area (Å²) in [4.78, 5) is 10.3. The summed E-state index contributed by atoms with van der Waals surface area (Å²) in [6.07, 6.45) is 0.851. The minimum absolute atomic E-state index is 0.104. The number of benzene rings is 1. The number of nitrogens with zero attached hydrogens (tertiary/aromatic N) is 1. The molecule has 0 N–H and O–H groups in total. The van der Waals surface area contributed by atoms with Gasteiger partial charge in [-0.15, -0.1) is 0 Å². The lowest BCUT2D eigenvalue weighted by Crippen LogP contribution is -2.03.